The van der Waals surface area contributed by atoms with Crippen LogP contribution in [0.5, 0.6) is 0 Å². The van der Waals surface area contributed by atoms with E-state index in [4.69, 9.17) is 9.57 Å². The smallest absolute Gasteiger partial charge is 0.408 e. The number of benzene rings is 2. The highest BCUT2D eigenvalue weighted by molar-refractivity contribution is 5.94. The van der Waals surface area contributed by atoms with Crippen molar-refractivity contribution in [3.8, 4) is 0 Å². The number of hydrogen-bond acceptors (Lipinski definition) is 6. The molecule has 38 heavy (non-hydrogen) atoms. The normalized spacial score (nSPS) is 19.6. The van der Waals surface area contributed by atoms with Gasteiger partial charge in [0.25, 0.3) is 0 Å². The predicted molar refractivity (Wildman–Crippen MR) is 139 cm³/mol. The number of ether oxygens (including phenoxy) is 1. The van der Waals surface area contributed by atoms with Crippen LogP contribution in [0.2, 0.25) is 0 Å². The van der Waals surface area contributed by atoms with E-state index < -0.39 is 35.5 Å². The highest BCUT2D eigenvalue weighted by atomic mass is 16.7. The summed E-state index contributed by atoms with van der Waals surface area (Å²) in [7, 11) is 0. The Morgan fingerprint density at radius 3 is 2.32 bits per heavy atom. The number of carbonyl (C=O) groups excluding carboxylic acids is 4. The number of carbonyl (C=O) groups is 4. The highest BCUT2D eigenvalue weighted by Crippen LogP contribution is 2.30. The van der Waals surface area contributed by atoms with Crippen LogP contribution in [0.1, 0.15) is 50.8 Å². The van der Waals surface area contributed by atoms with E-state index in [1.54, 1.807) is 51.1 Å². The number of piperidine rings is 1. The molecule has 4 rings (SSSR count). The number of fused-ring (bicyclic) bond motifs is 2. The van der Waals surface area contributed by atoms with E-state index in [1.807, 2.05) is 30.3 Å². The Kier molecular flexibility index (Phi) is 8.31. The van der Waals surface area contributed by atoms with Gasteiger partial charge in [0.15, 0.2) is 5.78 Å². The lowest BCUT2D eigenvalue weighted by molar-refractivity contribution is -0.140. The predicted octanol–water partition coefficient (Wildman–Crippen LogP) is 3.34. The zero-order chi connectivity index (χ0) is 27.3. The first kappa shape index (κ1) is 27.1. The maximum absolute atomic E-state index is 13.1. The number of nitrogens with one attached hydrogen (secondary N) is 2. The lowest BCUT2D eigenvalue weighted by Crippen LogP contribution is -2.51. The summed E-state index contributed by atoms with van der Waals surface area (Å²) < 4.78 is 5.31. The maximum atomic E-state index is 13.1. The third-order valence-corrected chi connectivity index (χ3v) is 6.39. The Morgan fingerprint density at radius 2 is 1.66 bits per heavy atom. The van der Waals surface area contributed by atoms with Gasteiger partial charge < -0.3 is 20.3 Å². The summed E-state index contributed by atoms with van der Waals surface area (Å²) in [6.07, 6.45) is 0.332. The van der Waals surface area contributed by atoms with Crippen molar-refractivity contribution in [3.05, 3.63) is 71.8 Å². The monoisotopic (exact) mass is 522 g/mol. The summed E-state index contributed by atoms with van der Waals surface area (Å²) in [6, 6.07) is 16.1. The van der Waals surface area contributed by atoms with Crippen molar-refractivity contribution < 1.29 is 28.8 Å². The van der Waals surface area contributed by atoms with Gasteiger partial charge in [-0.2, -0.15) is 5.06 Å². The van der Waals surface area contributed by atoms with Crippen molar-refractivity contribution in [2.24, 2.45) is 0 Å². The van der Waals surface area contributed by atoms with E-state index >= 15 is 0 Å². The number of nitrogens with zero attached hydrogens (tertiary/aromatic N) is 2. The number of urea groups is 1. The summed E-state index contributed by atoms with van der Waals surface area (Å²) in [6.45, 7) is 5.52. The fourth-order valence-electron chi connectivity index (χ4n) is 4.60. The van der Waals surface area contributed by atoms with E-state index in [0.717, 1.165) is 5.56 Å². The number of rotatable bonds is 9. The Hall–Kier alpha value is -3.92. The molecule has 3 atom stereocenters. The molecule has 4 amide bonds. The average molecular weight is 523 g/mol. The Labute approximate surface area is 222 Å². The second-order valence-corrected chi connectivity index (χ2v) is 10.4. The van der Waals surface area contributed by atoms with Gasteiger partial charge in [-0.1, -0.05) is 60.7 Å². The Morgan fingerprint density at radius 1 is 1.00 bits per heavy atom. The topological polar surface area (TPSA) is 117 Å². The molecule has 0 aliphatic carbocycles. The van der Waals surface area contributed by atoms with Crippen LogP contribution in [0.25, 0.3) is 0 Å². The maximum Gasteiger partial charge on any atom is 0.408 e. The molecule has 202 valence electrons. The van der Waals surface area contributed by atoms with Crippen LogP contribution in [-0.4, -0.2) is 64.6 Å². The average Bonchev–Trinajstić information content (AvgIpc) is 3.13. The van der Waals surface area contributed by atoms with Gasteiger partial charge in [-0.15, -0.1) is 0 Å². The molecule has 0 radical (unpaired) electrons. The number of ketones is 1. The minimum Gasteiger partial charge on any atom is -0.444 e. The molecule has 2 fully saturated rings. The summed E-state index contributed by atoms with van der Waals surface area (Å²) in [4.78, 5) is 58.9. The summed E-state index contributed by atoms with van der Waals surface area (Å²) in [5, 5.41) is 6.64. The molecule has 2 heterocycles. The van der Waals surface area contributed by atoms with Gasteiger partial charge in [-0.05, 0) is 44.7 Å². The SMILES string of the molecule is CC(C)(C)OC(=O)NC(C(=O)CNC(=O)[C@@H]1CC[C@@H]2CN1C(=O)N2OCc1ccccc1)c1ccccc1. The van der Waals surface area contributed by atoms with Crippen molar-refractivity contribution >= 4 is 23.8 Å². The van der Waals surface area contributed by atoms with Crippen LogP contribution < -0.4 is 10.6 Å². The van der Waals surface area contributed by atoms with Gasteiger partial charge in [0.2, 0.25) is 5.91 Å². The molecule has 2 aromatic rings. The van der Waals surface area contributed by atoms with Gasteiger partial charge in [0, 0.05) is 6.54 Å². The first-order valence-corrected chi connectivity index (χ1v) is 12.7. The minimum atomic E-state index is -1.00. The van der Waals surface area contributed by atoms with E-state index in [0.29, 0.717) is 24.9 Å². The molecule has 2 N–H and O–H groups in total. The minimum absolute atomic E-state index is 0.127. The molecule has 2 bridgehead atoms. The third kappa shape index (κ3) is 6.69. The third-order valence-electron chi connectivity index (χ3n) is 6.39. The molecule has 2 aromatic carbocycles. The first-order valence-electron chi connectivity index (χ1n) is 12.7. The van der Waals surface area contributed by atoms with E-state index in [-0.39, 0.29) is 25.2 Å². The van der Waals surface area contributed by atoms with E-state index in [2.05, 4.69) is 10.6 Å². The van der Waals surface area contributed by atoms with Gasteiger partial charge >= 0.3 is 12.1 Å². The Bertz CT molecular complexity index is 1150. The summed E-state index contributed by atoms with van der Waals surface area (Å²) in [5.41, 5.74) is 0.777. The first-order chi connectivity index (χ1) is 18.1. The molecule has 10 nitrogen and oxygen atoms in total. The van der Waals surface area contributed by atoms with Crippen molar-refractivity contribution in [2.45, 2.75) is 63.9 Å². The van der Waals surface area contributed by atoms with Crippen LogP contribution >= 0.6 is 0 Å². The second-order valence-electron chi connectivity index (χ2n) is 10.4. The summed E-state index contributed by atoms with van der Waals surface area (Å²) in [5.74, 6) is -0.830. The number of hydroxylamine groups is 2. The number of alkyl carbamates (subject to hydrolysis) is 1. The largest absolute Gasteiger partial charge is 0.444 e. The van der Waals surface area contributed by atoms with Crippen molar-refractivity contribution in [3.63, 3.8) is 0 Å². The van der Waals surface area contributed by atoms with Gasteiger partial charge in [0.1, 0.15) is 24.3 Å². The summed E-state index contributed by atoms with van der Waals surface area (Å²) >= 11 is 0. The number of Topliss-reactive ketones (excluding diaryl/α,β-unsaturated/α-hetero) is 1. The van der Waals surface area contributed by atoms with Crippen LogP contribution in [0, 0.1) is 0 Å². The van der Waals surface area contributed by atoms with Crippen LogP contribution in [-0.2, 0) is 25.8 Å². The quantitative estimate of drug-likeness (QED) is 0.522. The molecule has 10 heteroatoms. The van der Waals surface area contributed by atoms with Gasteiger partial charge in [-0.3, -0.25) is 14.4 Å². The fraction of sp³-hybridized carbons (Fsp3) is 0.429. The molecular weight excluding hydrogens is 488 g/mol. The molecule has 2 aliphatic rings. The highest BCUT2D eigenvalue weighted by Gasteiger charge is 2.48. The standard InChI is InChI=1S/C28H34N4O6/c1-28(2,3)38-26(35)30-24(20-12-8-5-9-13-20)23(33)16-29-25(34)22-15-14-21-17-31(22)27(36)32(21)37-18-19-10-6-4-7-11-19/h4-13,21-22,24H,14-18H2,1-3H3,(H,29,34)(H,30,35)/t21-,22+,24?/m1/s1. The Balaban J connectivity index is 1.35. The van der Waals surface area contributed by atoms with E-state index in [9.17, 15) is 19.2 Å². The van der Waals surface area contributed by atoms with Gasteiger partial charge in [-0.25, -0.2) is 9.59 Å². The van der Waals surface area contributed by atoms with Crippen molar-refractivity contribution in [1.82, 2.24) is 20.6 Å². The molecule has 0 aromatic heterocycles. The van der Waals surface area contributed by atoms with Crippen LogP contribution in [0.15, 0.2) is 60.7 Å². The van der Waals surface area contributed by atoms with Crippen molar-refractivity contribution in [1.29, 1.82) is 0 Å². The van der Waals surface area contributed by atoms with E-state index in [1.165, 1.54) is 9.96 Å². The fourth-order valence-corrected chi connectivity index (χ4v) is 4.60. The number of amides is 4. The molecular formula is C28H34N4O6. The second kappa shape index (κ2) is 11.6. The van der Waals surface area contributed by atoms with Gasteiger partial charge in [0.05, 0.1) is 12.6 Å². The van der Waals surface area contributed by atoms with Crippen LogP contribution in [0.4, 0.5) is 9.59 Å². The lowest BCUT2D eigenvalue weighted by atomic mass is 9.99. The number of hydrogen-bond donors (Lipinski definition) is 2. The van der Waals surface area contributed by atoms with Crippen LogP contribution in [0.3, 0.4) is 0 Å². The zero-order valence-corrected chi connectivity index (χ0v) is 21.9. The molecule has 2 saturated heterocycles. The van der Waals surface area contributed by atoms with Crippen molar-refractivity contribution in [2.75, 3.05) is 13.1 Å². The molecule has 0 spiro atoms. The lowest BCUT2D eigenvalue weighted by Gasteiger charge is -2.29. The molecule has 0 saturated carbocycles. The molecule has 1 unspecified atom stereocenters. The zero-order valence-electron chi connectivity index (χ0n) is 21.9. The molecule has 2 aliphatic heterocycles.